The van der Waals surface area contributed by atoms with Crippen LogP contribution in [0.2, 0.25) is 0 Å². The van der Waals surface area contributed by atoms with Crippen LogP contribution in [0.15, 0.2) is 40.5 Å². The first-order valence-electron chi connectivity index (χ1n) is 7.08. The van der Waals surface area contributed by atoms with Crippen molar-refractivity contribution in [1.82, 2.24) is 0 Å². The molecule has 0 unspecified atom stereocenters. The van der Waals surface area contributed by atoms with Crippen LogP contribution in [-0.4, -0.2) is 29.7 Å². The van der Waals surface area contributed by atoms with Gasteiger partial charge in [0, 0.05) is 18.7 Å². The second-order valence-electron chi connectivity index (χ2n) is 5.19. The topological polar surface area (TPSA) is 128 Å². The van der Waals surface area contributed by atoms with Crippen molar-refractivity contribution in [1.29, 1.82) is 0 Å². The third kappa shape index (κ3) is 4.98. The van der Waals surface area contributed by atoms with E-state index in [4.69, 9.17) is 26.1 Å². The highest BCUT2D eigenvalue weighted by Gasteiger charge is 2.14. The Morgan fingerprint density at radius 1 is 1.21 bits per heavy atom. The van der Waals surface area contributed by atoms with E-state index >= 15 is 0 Å². The first-order valence-corrected chi connectivity index (χ1v) is 7.08. The van der Waals surface area contributed by atoms with Crippen LogP contribution in [0.5, 0.6) is 5.75 Å². The Kier molecular flexibility index (Phi) is 6.29. The van der Waals surface area contributed by atoms with Gasteiger partial charge >= 0.3 is 0 Å². The maximum Gasteiger partial charge on any atom is 0.300 e. The molecule has 5 N–H and O–H groups in total. The number of hydrogen-bond acceptors (Lipinski definition) is 6. The predicted octanol–water partition coefficient (Wildman–Crippen LogP) is 2.12. The smallest absolute Gasteiger partial charge is 0.300 e. The normalized spacial score (nSPS) is 15.2. The van der Waals surface area contributed by atoms with Crippen LogP contribution in [0, 0.1) is 6.92 Å². The quantitative estimate of drug-likeness (QED) is 0.562. The van der Waals surface area contributed by atoms with Crippen LogP contribution in [0.1, 0.15) is 19.4 Å². The SMILES string of the molecule is CC(=O)O.COc1cc(N)c(C)cc1N=C1C=C(N)C(=O)C=C1C. The van der Waals surface area contributed by atoms with E-state index < -0.39 is 5.97 Å². The number of ether oxygens (including phenoxy) is 1. The van der Waals surface area contributed by atoms with Crippen molar-refractivity contribution in [3.05, 3.63) is 41.1 Å². The van der Waals surface area contributed by atoms with Crippen molar-refractivity contribution in [3.8, 4) is 5.75 Å². The highest BCUT2D eigenvalue weighted by molar-refractivity contribution is 6.22. The molecule has 128 valence electrons. The van der Waals surface area contributed by atoms with Gasteiger partial charge in [-0.3, -0.25) is 9.59 Å². The van der Waals surface area contributed by atoms with Gasteiger partial charge in [-0.25, -0.2) is 4.99 Å². The van der Waals surface area contributed by atoms with E-state index in [2.05, 4.69) is 4.99 Å². The molecule has 0 saturated carbocycles. The number of rotatable bonds is 2. The van der Waals surface area contributed by atoms with E-state index in [1.165, 1.54) is 6.08 Å². The van der Waals surface area contributed by atoms with Gasteiger partial charge in [-0.2, -0.15) is 0 Å². The molecule has 2 rings (SSSR count). The minimum Gasteiger partial charge on any atom is -0.494 e. The Morgan fingerprint density at radius 2 is 1.79 bits per heavy atom. The van der Waals surface area contributed by atoms with Crippen LogP contribution in [0.25, 0.3) is 0 Å². The van der Waals surface area contributed by atoms with Crippen molar-refractivity contribution >= 4 is 28.8 Å². The number of nitrogen functional groups attached to an aromatic ring is 1. The monoisotopic (exact) mass is 331 g/mol. The van der Waals surface area contributed by atoms with Gasteiger partial charge in [0.05, 0.1) is 18.5 Å². The zero-order valence-corrected chi connectivity index (χ0v) is 14.1. The molecule has 0 spiro atoms. The van der Waals surface area contributed by atoms with E-state index in [0.29, 0.717) is 22.8 Å². The van der Waals surface area contributed by atoms with Gasteiger partial charge in [-0.05, 0) is 43.2 Å². The summed E-state index contributed by atoms with van der Waals surface area (Å²) in [6.07, 6.45) is 3.05. The fraction of sp³-hybridized carbons (Fsp3) is 0.235. The number of ketones is 1. The van der Waals surface area contributed by atoms with E-state index in [-0.39, 0.29) is 11.5 Å². The second kappa shape index (κ2) is 7.96. The first-order chi connectivity index (χ1) is 11.1. The Hall–Kier alpha value is -3.09. The summed E-state index contributed by atoms with van der Waals surface area (Å²) < 4.78 is 5.28. The van der Waals surface area contributed by atoms with Gasteiger partial charge in [0.15, 0.2) is 0 Å². The summed E-state index contributed by atoms with van der Waals surface area (Å²) in [4.78, 5) is 25.0. The maximum absolute atomic E-state index is 11.5. The standard InChI is InChI=1S/C15H17N3O2.C2H4O2/c1-8-4-13(15(20-3)7-10(8)16)18-12-6-11(17)14(19)5-9(12)2;1-2(3)4/h4-7H,16-17H2,1-3H3;1H3,(H,3,4). The fourth-order valence-electron chi connectivity index (χ4n) is 1.88. The number of aliphatic imine (C=N–C) groups is 1. The van der Waals surface area contributed by atoms with Crippen LogP contribution >= 0.6 is 0 Å². The van der Waals surface area contributed by atoms with Crippen LogP contribution in [0.3, 0.4) is 0 Å². The van der Waals surface area contributed by atoms with E-state index in [0.717, 1.165) is 18.1 Å². The van der Waals surface area contributed by atoms with Gasteiger partial charge < -0.3 is 21.3 Å². The summed E-state index contributed by atoms with van der Waals surface area (Å²) >= 11 is 0. The Morgan fingerprint density at radius 3 is 2.33 bits per heavy atom. The zero-order valence-electron chi connectivity index (χ0n) is 14.1. The summed E-state index contributed by atoms with van der Waals surface area (Å²) in [5.74, 6) is -0.445. The van der Waals surface area contributed by atoms with Crippen LogP contribution in [0.4, 0.5) is 11.4 Å². The first kappa shape index (κ1) is 19.0. The van der Waals surface area contributed by atoms with Crippen LogP contribution in [-0.2, 0) is 9.59 Å². The molecule has 7 nitrogen and oxygen atoms in total. The summed E-state index contributed by atoms with van der Waals surface area (Å²) in [5.41, 5.74) is 15.3. The van der Waals surface area contributed by atoms with Gasteiger partial charge in [0.25, 0.3) is 5.97 Å². The Bertz CT molecular complexity index is 757. The molecule has 0 saturated heterocycles. The van der Waals surface area contributed by atoms with Gasteiger partial charge in [0.2, 0.25) is 5.78 Å². The number of carboxylic acids is 1. The Balaban J connectivity index is 0.000000648. The second-order valence-corrected chi connectivity index (χ2v) is 5.19. The van der Waals surface area contributed by atoms with Crippen molar-refractivity contribution in [2.45, 2.75) is 20.8 Å². The van der Waals surface area contributed by atoms with Crippen molar-refractivity contribution in [3.63, 3.8) is 0 Å². The number of carbonyl (C=O) groups excluding carboxylic acids is 1. The average molecular weight is 331 g/mol. The third-order valence-corrected chi connectivity index (χ3v) is 3.14. The lowest BCUT2D eigenvalue weighted by Gasteiger charge is -2.12. The molecular weight excluding hydrogens is 310 g/mol. The number of benzene rings is 1. The number of nitrogens with two attached hydrogens (primary N) is 2. The Labute approximate surface area is 140 Å². The van der Waals surface area contributed by atoms with Gasteiger partial charge in [-0.15, -0.1) is 0 Å². The lowest BCUT2D eigenvalue weighted by molar-refractivity contribution is -0.134. The molecule has 0 atom stereocenters. The molecular formula is C17H21N3O4. The zero-order chi connectivity index (χ0) is 18.4. The van der Waals surface area contributed by atoms with E-state index in [9.17, 15) is 4.79 Å². The molecule has 0 aromatic heterocycles. The number of carbonyl (C=O) groups is 2. The van der Waals surface area contributed by atoms with Crippen molar-refractivity contribution in [2.75, 3.05) is 12.8 Å². The average Bonchev–Trinajstić information content (AvgIpc) is 2.47. The number of aliphatic carboxylic acids is 1. The number of methoxy groups -OCH3 is 1. The number of nitrogens with zero attached hydrogens (tertiary/aromatic N) is 1. The highest BCUT2D eigenvalue weighted by atomic mass is 16.5. The predicted molar refractivity (Wildman–Crippen MR) is 93.6 cm³/mol. The fourth-order valence-corrected chi connectivity index (χ4v) is 1.88. The number of hydrogen-bond donors (Lipinski definition) is 3. The molecule has 0 aliphatic heterocycles. The lowest BCUT2D eigenvalue weighted by atomic mass is 10.0. The summed E-state index contributed by atoms with van der Waals surface area (Å²) in [7, 11) is 1.56. The molecule has 7 heteroatoms. The van der Waals surface area contributed by atoms with Gasteiger partial charge in [-0.1, -0.05) is 0 Å². The molecule has 0 radical (unpaired) electrons. The third-order valence-electron chi connectivity index (χ3n) is 3.14. The largest absolute Gasteiger partial charge is 0.494 e. The molecule has 1 aromatic carbocycles. The summed E-state index contributed by atoms with van der Waals surface area (Å²) in [6.45, 7) is 4.80. The molecule has 0 heterocycles. The molecule has 1 aromatic rings. The van der Waals surface area contributed by atoms with Gasteiger partial charge in [0.1, 0.15) is 11.4 Å². The summed E-state index contributed by atoms with van der Waals surface area (Å²) in [6, 6.07) is 3.57. The molecule has 24 heavy (non-hydrogen) atoms. The van der Waals surface area contributed by atoms with Crippen LogP contribution < -0.4 is 16.2 Å². The number of carboxylic acid groups (broad SMARTS) is 1. The van der Waals surface area contributed by atoms with E-state index in [1.54, 1.807) is 19.3 Å². The minimum absolute atomic E-state index is 0.181. The summed E-state index contributed by atoms with van der Waals surface area (Å²) in [5, 5.41) is 7.42. The molecule has 1 aliphatic rings. The highest BCUT2D eigenvalue weighted by Crippen LogP contribution is 2.33. The van der Waals surface area contributed by atoms with E-state index in [1.807, 2.05) is 19.9 Å². The molecule has 0 fully saturated rings. The molecule has 0 amide bonds. The number of anilines is 1. The maximum atomic E-state index is 11.5. The molecule has 1 aliphatic carbocycles. The number of allylic oxidation sites excluding steroid dienone is 3. The van der Waals surface area contributed by atoms with Crippen molar-refractivity contribution < 1.29 is 19.4 Å². The lowest BCUT2D eigenvalue weighted by Crippen LogP contribution is -2.17. The van der Waals surface area contributed by atoms with Crippen molar-refractivity contribution in [2.24, 2.45) is 10.7 Å². The molecule has 0 bridgehead atoms. The number of aryl methyl sites for hydroxylation is 1. The minimum atomic E-state index is -0.833.